The van der Waals surface area contributed by atoms with Crippen molar-refractivity contribution in [2.24, 2.45) is 5.73 Å². The van der Waals surface area contributed by atoms with Crippen LogP contribution >= 0.6 is 0 Å². The van der Waals surface area contributed by atoms with E-state index in [0.717, 1.165) is 0 Å². The number of fused-ring (bicyclic) bond motifs is 1. The lowest BCUT2D eigenvalue weighted by molar-refractivity contribution is -0.00980. The zero-order valence-corrected chi connectivity index (χ0v) is 7.36. The lowest BCUT2D eigenvalue weighted by atomic mass is 10.1. The molecule has 0 bridgehead atoms. The number of β-amino-alcohol motifs (C(OH)–C–C–N with tert-alkyl or cyclic N) is 1. The minimum Gasteiger partial charge on any atom is -0.461 e. The summed E-state index contributed by atoms with van der Waals surface area (Å²) >= 11 is 0. The minimum atomic E-state index is -0.845. The van der Waals surface area contributed by atoms with Crippen molar-refractivity contribution in [1.82, 2.24) is 0 Å². The topological polar surface area (TPSA) is 84.6 Å². The van der Waals surface area contributed by atoms with Gasteiger partial charge in [0.15, 0.2) is 0 Å². The van der Waals surface area contributed by atoms with Crippen molar-refractivity contribution in [3.8, 4) is 5.75 Å². The molecule has 1 atom stereocenters. The number of anilines is 1. The quantitative estimate of drug-likeness (QED) is 0.583. The Balaban J connectivity index is 2.36. The Morgan fingerprint density at radius 3 is 3.14 bits per heavy atom. The van der Waals surface area contributed by atoms with Crippen LogP contribution in [0.4, 0.5) is 5.69 Å². The Kier molecular flexibility index (Phi) is 2.01. The van der Waals surface area contributed by atoms with Gasteiger partial charge in [0.05, 0.1) is 12.2 Å². The molecule has 1 aromatic carbocycles. The Morgan fingerprint density at radius 1 is 1.64 bits per heavy atom. The van der Waals surface area contributed by atoms with Gasteiger partial charge in [0.25, 0.3) is 0 Å². The highest BCUT2D eigenvalue weighted by Crippen LogP contribution is 2.29. The molecule has 1 unspecified atom stereocenters. The molecule has 74 valence electrons. The Bertz CT molecular complexity index is 378. The summed E-state index contributed by atoms with van der Waals surface area (Å²) in [6.45, 7) is 0.301. The van der Waals surface area contributed by atoms with Gasteiger partial charge >= 0.3 is 0 Å². The summed E-state index contributed by atoms with van der Waals surface area (Å²) in [6, 6.07) is 4.76. The van der Waals surface area contributed by atoms with E-state index in [1.807, 2.05) is 0 Å². The lowest BCUT2D eigenvalue weighted by Crippen LogP contribution is -2.30. The number of hydrogen-bond acceptors (Lipinski definition) is 4. The third-order valence-corrected chi connectivity index (χ3v) is 1.99. The van der Waals surface area contributed by atoms with E-state index in [9.17, 15) is 4.79 Å². The normalized spacial score (nSPS) is 19.1. The van der Waals surface area contributed by atoms with E-state index in [-0.39, 0.29) is 0 Å². The summed E-state index contributed by atoms with van der Waals surface area (Å²) in [7, 11) is 0. The highest BCUT2D eigenvalue weighted by molar-refractivity contribution is 5.94. The maximum absolute atomic E-state index is 10.9. The SMILES string of the molecule is NC(=O)c1ccc2c(c1)NCC(O)O2. The molecule has 1 amide bonds. The van der Waals surface area contributed by atoms with E-state index < -0.39 is 12.2 Å². The number of benzene rings is 1. The molecule has 0 saturated heterocycles. The number of primary amides is 1. The molecule has 14 heavy (non-hydrogen) atoms. The van der Waals surface area contributed by atoms with Crippen LogP contribution in [0.3, 0.4) is 0 Å². The van der Waals surface area contributed by atoms with Gasteiger partial charge in [0, 0.05) is 5.56 Å². The Labute approximate surface area is 80.5 Å². The highest BCUT2D eigenvalue weighted by atomic mass is 16.6. The first-order valence-corrected chi connectivity index (χ1v) is 4.19. The van der Waals surface area contributed by atoms with Gasteiger partial charge in [-0.1, -0.05) is 0 Å². The summed E-state index contributed by atoms with van der Waals surface area (Å²) in [5.74, 6) is 0.0365. The van der Waals surface area contributed by atoms with Gasteiger partial charge in [-0.2, -0.15) is 0 Å². The molecule has 1 heterocycles. The van der Waals surface area contributed by atoms with Crippen LogP contribution in [-0.4, -0.2) is 23.8 Å². The standard InChI is InChI=1S/C9H10N2O3/c10-9(13)5-1-2-7-6(3-5)11-4-8(12)14-7/h1-3,8,11-12H,4H2,(H2,10,13). The van der Waals surface area contributed by atoms with Crippen molar-refractivity contribution in [1.29, 1.82) is 0 Å². The van der Waals surface area contributed by atoms with E-state index >= 15 is 0 Å². The minimum absolute atomic E-state index is 0.301. The molecule has 0 spiro atoms. The van der Waals surface area contributed by atoms with Gasteiger partial charge in [-0.05, 0) is 18.2 Å². The molecule has 0 radical (unpaired) electrons. The molecular weight excluding hydrogens is 184 g/mol. The molecule has 2 rings (SSSR count). The van der Waals surface area contributed by atoms with Crippen molar-refractivity contribution in [3.63, 3.8) is 0 Å². The Morgan fingerprint density at radius 2 is 2.43 bits per heavy atom. The molecule has 1 aliphatic rings. The maximum atomic E-state index is 10.9. The zero-order valence-electron chi connectivity index (χ0n) is 7.36. The number of aliphatic hydroxyl groups is 1. The Hall–Kier alpha value is -1.75. The number of nitrogens with two attached hydrogens (primary N) is 1. The molecule has 0 fully saturated rings. The van der Waals surface area contributed by atoms with Crippen LogP contribution in [-0.2, 0) is 0 Å². The van der Waals surface area contributed by atoms with Crippen molar-refractivity contribution >= 4 is 11.6 Å². The summed E-state index contributed by atoms with van der Waals surface area (Å²) in [6.07, 6.45) is -0.845. The third-order valence-electron chi connectivity index (χ3n) is 1.99. The van der Waals surface area contributed by atoms with Crippen molar-refractivity contribution < 1.29 is 14.6 Å². The number of amides is 1. The third kappa shape index (κ3) is 1.49. The summed E-state index contributed by atoms with van der Waals surface area (Å²) in [5, 5.41) is 12.1. The second kappa shape index (κ2) is 3.19. The summed E-state index contributed by atoms with van der Waals surface area (Å²) in [5.41, 5.74) is 6.20. The fourth-order valence-electron chi connectivity index (χ4n) is 1.31. The fraction of sp³-hybridized carbons (Fsp3) is 0.222. The second-order valence-corrected chi connectivity index (χ2v) is 3.03. The highest BCUT2D eigenvalue weighted by Gasteiger charge is 2.17. The largest absolute Gasteiger partial charge is 0.461 e. The number of aliphatic hydroxyl groups excluding tert-OH is 1. The lowest BCUT2D eigenvalue weighted by Gasteiger charge is -2.23. The number of hydrogen-bond donors (Lipinski definition) is 3. The van der Waals surface area contributed by atoms with Crippen LogP contribution in [0.25, 0.3) is 0 Å². The first-order chi connectivity index (χ1) is 6.66. The zero-order chi connectivity index (χ0) is 10.1. The maximum Gasteiger partial charge on any atom is 0.248 e. The summed E-state index contributed by atoms with van der Waals surface area (Å²) in [4.78, 5) is 10.9. The van der Waals surface area contributed by atoms with Crippen molar-refractivity contribution in [2.75, 3.05) is 11.9 Å². The van der Waals surface area contributed by atoms with Crippen molar-refractivity contribution in [3.05, 3.63) is 23.8 Å². The second-order valence-electron chi connectivity index (χ2n) is 3.03. The van der Waals surface area contributed by atoms with E-state index in [4.69, 9.17) is 15.6 Å². The monoisotopic (exact) mass is 194 g/mol. The molecule has 1 aliphatic heterocycles. The van der Waals surface area contributed by atoms with Gasteiger partial charge in [-0.3, -0.25) is 4.79 Å². The fourth-order valence-corrected chi connectivity index (χ4v) is 1.31. The first kappa shape index (κ1) is 8.83. The van der Waals surface area contributed by atoms with Crippen LogP contribution in [0.15, 0.2) is 18.2 Å². The van der Waals surface area contributed by atoms with E-state index in [2.05, 4.69) is 5.32 Å². The van der Waals surface area contributed by atoms with Crippen LogP contribution in [0.5, 0.6) is 5.75 Å². The molecule has 5 nitrogen and oxygen atoms in total. The average molecular weight is 194 g/mol. The summed E-state index contributed by atoms with van der Waals surface area (Å²) < 4.78 is 5.11. The molecule has 1 aromatic rings. The number of carbonyl (C=O) groups is 1. The van der Waals surface area contributed by atoms with Gasteiger partial charge in [-0.15, -0.1) is 0 Å². The molecule has 5 heteroatoms. The molecule has 0 aromatic heterocycles. The number of ether oxygens (including phenoxy) is 1. The number of nitrogens with one attached hydrogen (secondary N) is 1. The van der Waals surface area contributed by atoms with E-state index in [1.165, 1.54) is 0 Å². The first-order valence-electron chi connectivity index (χ1n) is 4.19. The molecule has 0 saturated carbocycles. The van der Waals surface area contributed by atoms with Crippen LogP contribution in [0.2, 0.25) is 0 Å². The van der Waals surface area contributed by atoms with Crippen LogP contribution in [0, 0.1) is 0 Å². The van der Waals surface area contributed by atoms with E-state index in [0.29, 0.717) is 23.5 Å². The number of carbonyl (C=O) groups excluding carboxylic acids is 1. The number of rotatable bonds is 1. The van der Waals surface area contributed by atoms with Gasteiger partial charge in [0.2, 0.25) is 12.2 Å². The molecule has 4 N–H and O–H groups in total. The predicted molar refractivity (Wildman–Crippen MR) is 50.1 cm³/mol. The molecular formula is C9H10N2O3. The predicted octanol–water partition coefficient (Wildman–Crippen LogP) is -0.0918. The van der Waals surface area contributed by atoms with Crippen LogP contribution in [0.1, 0.15) is 10.4 Å². The average Bonchev–Trinajstić information content (AvgIpc) is 2.16. The van der Waals surface area contributed by atoms with Gasteiger partial charge in [-0.25, -0.2) is 0 Å². The van der Waals surface area contributed by atoms with Crippen molar-refractivity contribution in [2.45, 2.75) is 6.29 Å². The van der Waals surface area contributed by atoms with E-state index in [1.54, 1.807) is 18.2 Å². The smallest absolute Gasteiger partial charge is 0.248 e. The van der Waals surface area contributed by atoms with Gasteiger partial charge in [0.1, 0.15) is 5.75 Å². The van der Waals surface area contributed by atoms with Gasteiger partial charge < -0.3 is 20.9 Å². The molecule has 0 aliphatic carbocycles. The van der Waals surface area contributed by atoms with Crippen LogP contribution < -0.4 is 15.8 Å².